The van der Waals surface area contributed by atoms with Crippen molar-refractivity contribution in [2.24, 2.45) is 0 Å². The first-order valence-electron chi connectivity index (χ1n) is 7.10. The Morgan fingerprint density at radius 2 is 2.05 bits per heavy atom. The van der Waals surface area contributed by atoms with Crippen LogP contribution in [0.5, 0.6) is 0 Å². The summed E-state index contributed by atoms with van der Waals surface area (Å²) in [6.45, 7) is 8.88. The molecule has 108 valence electrons. The number of carbonyl (C=O) groups excluding carboxylic acids is 1. The largest absolute Gasteiger partial charge is 0.354 e. The Balaban J connectivity index is 2.18. The Kier molecular flexibility index (Phi) is 2.97. The zero-order chi connectivity index (χ0) is 14.6. The van der Waals surface area contributed by atoms with Crippen molar-refractivity contribution in [1.29, 1.82) is 0 Å². The minimum Gasteiger partial charge on any atom is -0.354 e. The Morgan fingerprint density at radius 1 is 1.35 bits per heavy atom. The van der Waals surface area contributed by atoms with E-state index >= 15 is 0 Å². The van der Waals surface area contributed by atoms with Crippen LogP contribution in [0.4, 0.5) is 0 Å². The van der Waals surface area contributed by atoms with Crippen molar-refractivity contribution in [3.8, 4) is 0 Å². The molecule has 0 aliphatic carbocycles. The zero-order valence-corrected chi connectivity index (χ0v) is 12.3. The van der Waals surface area contributed by atoms with E-state index in [9.17, 15) is 9.59 Å². The Bertz CT molecular complexity index is 633. The molecular weight excluding hydrogens is 256 g/mol. The van der Waals surface area contributed by atoms with E-state index in [2.05, 4.69) is 0 Å². The molecule has 3 heterocycles. The normalized spacial score (nSPS) is 25.1. The van der Waals surface area contributed by atoms with Gasteiger partial charge in [-0.3, -0.25) is 9.59 Å². The maximum atomic E-state index is 12.6. The number of fused-ring (bicyclic) bond motifs is 2. The van der Waals surface area contributed by atoms with E-state index in [4.69, 9.17) is 4.74 Å². The maximum absolute atomic E-state index is 12.6. The third-order valence-corrected chi connectivity index (χ3v) is 4.27. The third-order valence-electron chi connectivity index (χ3n) is 4.27. The first-order chi connectivity index (χ1) is 9.41. The van der Waals surface area contributed by atoms with Crippen LogP contribution in [0.3, 0.4) is 0 Å². The molecule has 0 N–H and O–H groups in total. The van der Waals surface area contributed by atoms with E-state index in [0.717, 1.165) is 5.56 Å². The van der Waals surface area contributed by atoms with E-state index in [1.807, 2.05) is 31.5 Å². The summed E-state index contributed by atoms with van der Waals surface area (Å²) in [6.07, 6.45) is 1.63. The van der Waals surface area contributed by atoms with Crippen LogP contribution in [0.25, 0.3) is 0 Å². The average molecular weight is 276 g/mol. The molecular formula is C15H20N2O3. The molecule has 1 aromatic heterocycles. The molecule has 0 radical (unpaired) electrons. The first-order valence-corrected chi connectivity index (χ1v) is 7.10. The second kappa shape index (κ2) is 4.45. The van der Waals surface area contributed by atoms with Crippen molar-refractivity contribution in [3.05, 3.63) is 33.2 Å². The van der Waals surface area contributed by atoms with Gasteiger partial charge in [0.25, 0.3) is 5.91 Å². The molecule has 2 aliphatic rings. The summed E-state index contributed by atoms with van der Waals surface area (Å²) < 4.78 is 7.57. The summed E-state index contributed by atoms with van der Waals surface area (Å²) in [5.74, 6) is 0.0618. The topological polar surface area (TPSA) is 51.5 Å². The molecule has 2 atom stereocenters. The number of hydrogen-bond acceptors (Lipinski definition) is 3. The van der Waals surface area contributed by atoms with Crippen LogP contribution in [0, 0.1) is 6.92 Å². The molecule has 20 heavy (non-hydrogen) atoms. The van der Waals surface area contributed by atoms with Crippen LogP contribution in [0.15, 0.2) is 11.0 Å². The molecule has 0 spiro atoms. The van der Waals surface area contributed by atoms with E-state index in [0.29, 0.717) is 24.4 Å². The van der Waals surface area contributed by atoms with Gasteiger partial charge in [0.05, 0.1) is 19.2 Å². The predicted molar refractivity (Wildman–Crippen MR) is 74.9 cm³/mol. The van der Waals surface area contributed by atoms with Gasteiger partial charge in [0.2, 0.25) is 0 Å². The van der Waals surface area contributed by atoms with Crippen molar-refractivity contribution in [2.75, 3.05) is 6.61 Å². The van der Waals surface area contributed by atoms with Crippen LogP contribution in [0.2, 0.25) is 0 Å². The highest BCUT2D eigenvalue weighted by atomic mass is 16.5. The van der Waals surface area contributed by atoms with Gasteiger partial charge in [-0.2, -0.15) is 0 Å². The number of hydrogen-bond donors (Lipinski definition) is 0. The van der Waals surface area contributed by atoms with Gasteiger partial charge >= 0.3 is 0 Å². The van der Waals surface area contributed by atoms with Crippen molar-refractivity contribution in [3.63, 3.8) is 0 Å². The average Bonchev–Trinajstić information content (AvgIpc) is 2.75. The van der Waals surface area contributed by atoms with Crippen LogP contribution in [-0.4, -0.2) is 34.3 Å². The molecule has 0 aromatic carbocycles. The van der Waals surface area contributed by atoms with Crippen molar-refractivity contribution in [1.82, 2.24) is 9.47 Å². The number of carbonyl (C=O) groups is 1. The maximum Gasteiger partial charge on any atom is 0.273 e. The molecule has 1 saturated heterocycles. The van der Waals surface area contributed by atoms with Gasteiger partial charge in [-0.15, -0.1) is 0 Å². The molecule has 1 fully saturated rings. The number of aromatic nitrogens is 1. The molecule has 0 unspecified atom stereocenters. The summed E-state index contributed by atoms with van der Waals surface area (Å²) in [7, 11) is 0. The number of amides is 1. The summed E-state index contributed by atoms with van der Waals surface area (Å²) in [5, 5.41) is 0. The quantitative estimate of drug-likeness (QED) is 0.780. The lowest BCUT2D eigenvalue weighted by Crippen LogP contribution is -2.49. The summed E-state index contributed by atoms with van der Waals surface area (Å²) >= 11 is 0. The minimum absolute atomic E-state index is 0.00850. The number of nitrogens with zero attached hydrogens (tertiary/aromatic N) is 2. The van der Waals surface area contributed by atoms with Crippen LogP contribution in [0.1, 0.15) is 48.3 Å². The second-order valence-corrected chi connectivity index (χ2v) is 6.04. The van der Waals surface area contributed by atoms with Crippen LogP contribution < -0.4 is 5.43 Å². The minimum atomic E-state index is -0.202. The van der Waals surface area contributed by atoms with Crippen LogP contribution >= 0.6 is 0 Å². The van der Waals surface area contributed by atoms with E-state index in [-0.39, 0.29) is 29.5 Å². The van der Waals surface area contributed by atoms with Crippen molar-refractivity contribution < 1.29 is 9.53 Å². The standard InChI is InChI=1S/C15H20N2O3/c1-8(2)11-5-16-6-12-17(9(3)7-20-12)15(19)13(16)10(4)14(11)18/h5,8-9,12H,6-7H2,1-4H3/t9-,12+/m0/s1. The SMILES string of the molecule is Cc1c2n(cc(C(C)C)c1=O)C[C@H]1OC[C@H](C)N1C2=O. The van der Waals surface area contributed by atoms with Gasteiger partial charge in [0, 0.05) is 17.3 Å². The Labute approximate surface area is 118 Å². The zero-order valence-electron chi connectivity index (χ0n) is 12.3. The third kappa shape index (κ3) is 1.73. The number of ether oxygens (including phenoxy) is 1. The first kappa shape index (κ1) is 13.4. The van der Waals surface area contributed by atoms with Gasteiger partial charge < -0.3 is 14.2 Å². The molecule has 3 rings (SSSR count). The molecule has 5 nitrogen and oxygen atoms in total. The number of rotatable bonds is 1. The van der Waals surface area contributed by atoms with E-state index < -0.39 is 0 Å². The smallest absolute Gasteiger partial charge is 0.273 e. The van der Waals surface area contributed by atoms with Crippen molar-refractivity contribution in [2.45, 2.75) is 52.4 Å². The highest BCUT2D eigenvalue weighted by Crippen LogP contribution is 2.27. The van der Waals surface area contributed by atoms with Crippen molar-refractivity contribution >= 4 is 5.91 Å². The summed E-state index contributed by atoms with van der Waals surface area (Å²) in [4.78, 5) is 26.8. The fraction of sp³-hybridized carbons (Fsp3) is 0.600. The molecule has 2 aliphatic heterocycles. The van der Waals surface area contributed by atoms with Gasteiger partial charge in [-0.05, 0) is 19.8 Å². The Morgan fingerprint density at radius 3 is 2.70 bits per heavy atom. The molecule has 0 bridgehead atoms. The second-order valence-electron chi connectivity index (χ2n) is 6.04. The monoisotopic (exact) mass is 276 g/mol. The van der Waals surface area contributed by atoms with Gasteiger partial charge in [0.1, 0.15) is 5.69 Å². The highest BCUT2D eigenvalue weighted by molar-refractivity contribution is 5.95. The fourth-order valence-corrected chi connectivity index (χ4v) is 3.13. The molecule has 1 amide bonds. The molecule has 1 aromatic rings. The lowest BCUT2D eigenvalue weighted by Gasteiger charge is -2.34. The lowest BCUT2D eigenvalue weighted by atomic mass is 9.99. The Hall–Kier alpha value is -1.62. The number of pyridine rings is 1. The van der Waals surface area contributed by atoms with Crippen LogP contribution in [-0.2, 0) is 11.3 Å². The van der Waals surface area contributed by atoms with Gasteiger partial charge in [0.15, 0.2) is 11.7 Å². The predicted octanol–water partition coefficient (Wildman–Crippen LogP) is 1.48. The van der Waals surface area contributed by atoms with Gasteiger partial charge in [-0.25, -0.2) is 0 Å². The fourth-order valence-electron chi connectivity index (χ4n) is 3.13. The van der Waals surface area contributed by atoms with Gasteiger partial charge in [-0.1, -0.05) is 13.8 Å². The summed E-state index contributed by atoms with van der Waals surface area (Å²) in [6, 6.07) is 0.0699. The highest BCUT2D eigenvalue weighted by Gasteiger charge is 2.41. The van der Waals surface area contributed by atoms with E-state index in [1.165, 1.54) is 0 Å². The molecule has 0 saturated carbocycles. The van der Waals surface area contributed by atoms with E-state index in [1.54, 1.807) is 11.8 Å². The lowest BCUT2D eigenvalue weighted by molar-refractivity contribution is 0.00662. The summed E-state index contributed by atoms with van der Waals surface area (Å²) in [5.41, 5.74) is 1.83. The molecule has 5 heteroatoms.